The zero-order valence-electron chi connectivity index (χ0n) is 11.4. The molecular weight excluding hydrogens is 204 g/mol. The maximum absolute atomic E-state index is 3.74. The average Bonchev–Trinajstić information content (AvgIpc) is 2.85. The first-order valence-electron chi connectivity index (χ1n) is 7.52. The zero-order valence-corrected chi connectivity index (χ0v) is 11.4. The lowest BCUT2D eigenvalue weighted by molar-refractivity contribution is 0.513. The first-order valence-corrected chi connectivity index (χ1v) is 7.52. The summed E-state index contributed by atoms with van der Waals surface area (Å²) in [5.41, 5.74) is 0. The summed E-state index contributed by atoms with van der Waals surface area (Å²) >= 11 is 0. The van der Waals surface area contributed by atoms with Gasteiger partial charge in [-0.15, -0.1) is 6.58 Å². The van der Waals surface area contributed by atoms with Gasteiger partial charge in [-0.3, -0.25) is 0 Å². The highest BCUT2D eigenvalue weighted by Gasteiger charge is 2.07. The van der Waals surface area contributed by atoms with E-state index in [4.69, 9.17) is 0 Å². The smallest absolute Gasteiger partial charge is 0.0231 e. The van der Waals surface area contributed by atoms with E-state index in [9.17, 15) is 0 Å². The van der Waals surface area contributed by atoms with Crippen molar-refractivity contribution in [2.45, 2.75) is 70.6 Å². The Morgan fingerprint density at radius 2 is 1.82 bits per heavy atom. The standard InChI is InChI=1S/C17H29/c1-2-3-4-5-6-7-8-9-10-11-14-17-15-12-13-16-17/h2,5,12,15,17H,1,3-4,6-11,13-14,16H2. The molecule has 0 N–H and O–H groups in total. The summed E-state index contributed by atoms with van der Waals surface area (Å²) in [4.78, 5) is 0. The van der Waals surface area contributed by atoms with Crippen molar-refractivity contribution < 1.29 is 0 Å². The van der Waals surface area contributed by atoms with E-state index in [1.165, 1.54) is 64.2 Å². The van der Waals surface area contributed by atoms with Crippen molar-refractivity contribution >= 4 is 0 Å². The molecule has 0 aromatic carbocycles. The van der Waals surface area contributed by atoms with E-state index in [2.05, 4.69) is 25.2 Å². The molecule has 97 valence electrons. The van der Waals surface area contributed by atoms with Crippen molar-refractivity contribution in [1.29, 1.82) is 0 Å². The van der Waals surface area contributed by atoms with Crippen LogP contribution < -0.4 is 0 Å². The van der Waals surface area contributed by atoms with E-state index < -0.39 is 0 Å². The first-order chi connectivity index (χ1) is 8.43. The molecule has 1 rings (SSSR count). The van der Waals surface area contributed by atoms with E-state index in [0.29, 0.717) is 0 Å². The molecule has 0 fully saturated rings. The molecule has 0 aliphatic heterocycles. The Kier molecular flexibility index (Phi) is 9.09. The van der Waals surface area contributed by atoms with Gasteiger partial charge >= 0.3 is 0 Å². The third-order valence-corrected chi connectivity index (χ3v) is 3.67. The third-order valence-electron chi connectivity index (χ3n) is 3.67. The third kappa shape index (κ3) is 8.24. The molecule has 0 bridgehead atoms. The molecular formula is C17H29. The minimum atomic E-state index is 0.919. The van der Waals surface area contributed by atoms with E-state index in [1.807, 2.05) is 6.08 Å². The molecule has 0 saturated heterocycles. The Labute approximate surface area is 108 Å². The van der Waals surface area contributed by atoms with Gasteiger partial charge in [0.05, 0.1) is 0 Å². The maximum atomic E-state index is 3.74. The van der Waals surface area contributed by atoms with Crippen LogP contribution in [0.4, 0.5) is 0 Å². The van der Waals surface area contributed by atoms with Gasteiger partial charge in [0.2, 0.25) is 0 Å². The van der Waals surface area contributed by atoms with Crippen molar-refractivity contribution in [2.24, 2.45) is 5.92 Å². The molecule has 0 amide bonds. The largest absolute Gasteiger partial charge is 0.103 e. The summed E-state index contributed by atoms with van der Waals surface area (Å²) < 4.78 is 0. The van der Waals surface area contributed by atoms with E-state index >= 15 is 0 Å². The van der Waals surface area contributed by atoms with Crippen molar-refractivity contribution in [3.63, 3.8) is 0 Å². The molecule has 1 atom stereocenters. The minimum absolute atomic E-state index is 0.919. The van der Waals surface area contributed by atoms with Gasteiger partial charge in [-0.25, -0.2) is 0 Å². The molecule has 0 nitrogen and oxygen atoms in total. The molecule has 0 heterocycles. The van der Waals surface area contributed by atoms with E-state index in [-0.39, 0.29) is 0 Å². The molecule has 1 aliphatic rings. The van der Waals surface area contributed by atoms with Crippen LogP contribution in [0.1, 0.15) is 70.6 Å². The second-order valence-corrected chi connectivity index (χ2v) is 5.27. The molecule has 0 aromatic heterocycles. The lowest BCUT2D eigenvalue weighted by Gasteiger charge is -2.06. The zero-order chi connectivity index (χ0) is 12.2. The van der Waals surface area contributed by atoms with Crippen molar-refractivity contribution in [2.75, 3.05) is 0 Å². The highest BCUT2D eigenvalue weighted by molar-refractivity contribution is 4.95. The van der Waals surface area contributed by atoms with Crippen molar-refractivity contribution in [3.05, 3.63) is 31.2 Å². The minimum Gasteiger partial charge on any atom is -0.103 e. The number of allylic oxidation sites excluding steroid dienone is 3. The van der Waals surface area contributed by atoms with Crippen LogP contribution in [-0.4, -0.2) is 0 Å². The SMILES string of the molecule is C=CCC[CH]CCCCCCCC1C=CCC1. The predicted octanol–water partition coefficient (Wildman–Crippen LogP) is 5.85. The molecule has 0 aromatic rings. The highest BCUT2D eigenvalue weighted by atomic mass is 14.1. The van der Waals surface area contributed by atoms with Crippen LogP contribution in [0.3, 0.4) is 0 Å². The Morgan fingerprint density at radius 1 is 1.00 bits per heavy atom. The lowest BCUT2D eigenvalue weighted by Crippen LogP contribution is -1.91. The van der Waals surface area contributed by atoms with Gasteiger partial charge in [0.1, 0.15) is 0 Å². The van der Waals surface area contributed by atoms with Crippen LogP contribution in [0, 0.1) is 12.3 Å². The summed E-state index contributed by atoms with van der Waals surface area (Å²) in [7, 11) is 0. The quantitative estimate of drug-likeness (QED) is 0.310. The Balaban J connectivity index is 1.72. The second-order valence-electron chi connectivity index (χ2n) is 5.27. The fourth-order valence-corrected chi connectivity index (χ4v) is 2.54. The summed E-state index contributed by atoms with van der Waals surface area (Å²) in [5, 5.41) is 0. The molecule has 1 unspecified atom stereocenters. The van der Waals surface area contributed by atoms with Crippen molar-refractivity contribution in [1.82, 2.24) is 0 Å². The van der Waals surface area contributed by atoms with E-state index in [1.54, 1.807) is 0 Å². The number of rotatable bonds is 11. The van der Waals surface area contributed by atoms with Crippen LogP contribution in [-0.2, 0) is 0 Å². The molecule has 0 saturated carbocycles. The Morgan fingerprint density at radius 3 is 2.59 bits per heavy atom. The number of unbranched alkanes of at least 4 members (excludes halogenated alkanes) is 8. The Bertz CT molecular complexity index is 202. The van der Waals surface area contributed by atoms with Gasteiger partial charge in [-0.1, -0.05) is 56.8 Å². The number of hydrogen-bond acceptors (Lipinski definition) is 0. The van der Waals surface area contributed by atoms with Crippen LogP contribution in [0.2, 0.25) is 0 Å². The van der Waals surface area contributed by atoms with Crippen LogP contribution in [0.25, 0.3) is 0 Å². The van der Waals surface area contributed by atoms with Crippen molar-refractivity contribution in [3.8, 4) is 0 Å². The molecule has 0 heteroatoms. The molecule has 1 aliphatic carbocycles. The highest BCUT2D eigenvalue weighted by Crippen LogP contribution is 2.23. The predicted molar refractivity (Wildman–Crippen MR) is 77.9 cm³/mol. The molecule has 1 radical (unpaired) electrons. The van der Waals surface area contributed by atoms with Crippen LogP contribution in [0.15, 0.2) is 24.8 Å². The Hall–Kier alpha value is -0.520. The first kappa shape index (κ1) is 14.5. The summed E-state index contributed by atoms with van der Waals surface area (Å²) in [5.74, 6) is 0.919. The monoisotopic (exact) mass is 233 g/mol. The maximum Gasteiger partial charge on any atom is -0.0231 e. The fraction of sp³-hybridized carbons (Fsp3) is 0.706. The summed E-state index contributed by atoms with van der Waals surface area (Å²) in [6, 6.07) is 0. The van der Waals surface area contributed by atoms with Gasteiger partial charge in [-0.05, 0) is 44.4 Å². The topological polar surface area (TPSA) is 0 Å². The average molecular weight is 233 g/mol. The summed E-state index contributed by atoms with van der Waals surface area (Å²) in [6.07, 6.45) is 24.2. The van der Waals surface area contributed by atoms with Gasteiger partial charge in [-0.2, -0.15) is 0 Å². The van der Waals surface area contributed by atoms with Gasteiger partial charge in [0.25, 0.3) is 0 Å². The van der Waals surface area contributed by atoms with E-state index in [0.717, 1.165) is 12.3 Å². The van der Waals surface area contributed by atoms with Gasteiger partial charge < -0.3 is 0 Å². The fourth-order valence-electron chi connectivity index (χ4n) is 2.54. The lowest BCUT2D eigenvalue weighted by atomic mass is 9.99. The summed E-state index contributed by atoms with van der Waals surface area (Å²) in [6.45, 7) is 3.74. The normalized spacial score (nSPS) is 18.7. The van der Waals surface area contributed by atoms with Crippen LogP contribution in [0.5, 0.6) is 0 Å². The second kappa shape index (κ2) is 10.6. The molecule has 17 heavy (non-hydrogen) atoms. The van der Waals surface area contributed by atoms with Gasteiger partial charge in [0.15, 0.2) is 0 Å². The molecule has 0 spiro atoms. The number of hydrogen-bond donors (Lipinski definition) is 0. The van der Waals surface area contributed by atoms with Gasteiger partial charge in [0, 0.05) is 0 Å². The van der Waals surface area contributed by atoms with Crippen LogP contribution >= 0.6 is 0 Å².